The van der Waals surface area contributed by atoms with Gasteiger partial charge >= 0.3 is 0 Å². The minimum absolute atomic E-state index is 0.120. The summed E-state index contributed by atoms with van der Waals surface area (Å²) in [6.45, 7) is 4.67. The lowest BCUT2D eigenvalue weighted by molar-refractivity contribution is 0.102. The molecule has 3 nitrogen and oxygen atoms in total. The van der Waals surface area contributed by atoms with Crippen molar-refractivity contribution in [2.45, 2.75) is 25.4 Å². The zero-order chi connectivity index (χ0) is 17.8. The Hall–Kier alpha value is -2.04. The van der Waals surface area contributed by atoms with Gasteiger partial charge < -0.3 is 4.57 Å². The summed E-state index contributed by atoms with van der Waals surface area (Å²) in [5, 5.41) is 1.61. The molecule has 0 spiro atoms. The number of hydrogen-bond acceptors (Lipinski definition) is 3. The van der Waals surface area contributed by atoms with Crippen molar-refractivity contribution in [2.75, 3.05) is 5.75 Å². The molecule has 2 aromatic heterocycles. The maximum Gasteiger partial charge on any atom is 0.174 e. The fraction of sp³-hybridized carbons (Fsp3) is 0.200. The molecule has 0 saturated carbocycles. The first kappa shape index (κ1) is 17.8. The van der Waals surface area contributed by atoms with Crippen LogP contribution in [0.3, 0.4) is 0 Å². The van der Waals surface area contributed by atoms with Crippen molar-refractivity contribution in [3.05, 3.63) is 82.3 Å². The minimum Gasteiger partial charge on any atom is -0.344 e. The van der Waals surface area contributed by atoms with Crippen molar-refractivity contribution >= 4 is 29.1 Å². The Labute approximate surface area is 157 Å². The van der Waals surface area contributed by atoms with E-state index in [4.69, 9.17) is 11.6 Å². The largest absolute Gasteiger partial charge is 0.344 e. The topological polar surface area (TPSA) is 34.9 Å². The van der Waals surface area contributed by atoms with Crippen molar-refractivity contribution in [1.82, 2.24) is 9.55 Å². The van der Waals surface area contributed by atoms with E-state index in [0.717, 1.165) is 32.6 Å². The van der Waals surface area contributed by atoms with Gasteiger partial charge in [-0.15, -0.1) is 0 Å². The van der Waals surface area contributed by atoms with Gasteiger partial charge in [-0.2, -0.15) is 0 Å². The van der Waals surface area contributed by atoms with Crippen LogP contribution in [0.25, 0.3) is 0 Å². The molecule has 25 heavy (non-hydrogen) atoms. The Balaban J connectivity index is 1.77. The second-order valence-electron chi connectivity index (χ2n) is 5.84. The molecule has 0 atom stereocenters. The number of benzene rings is 1. The number of halogens is 1. The second-order valence-corrected chi connectivity index (χ2v) is 7.25. The molecule has 0 fully saturated rings. The molecule has 3 rings (SSSR count). The summed E-state index contributed by atoms with van der Waals surface area (Å²) in [5.74, 6) is 0.502. The van der Waals surface area contributed by atoms with E-state index in [0.29, 0.717) is 12.3 Å². The van der Waals surface area contributed by atoms with Crippen LogP contribution in [0.5, 0.6) is 0 Å². The normalized spacial score (nSPS) is 10.8. The van der Waals surface area contributed by atoms with Crippen molar-refractivity contribution in [3.63, 3.8) is 0 Å². The number of nitrogens with zero attached hydrogens (tertiary/aromatic N) is 2. The molecule has 0 radical (unpaired) electrons. The zero-order valence-electron chi connectivity index (χ0n) is 14.2. The molecule has 0 amide bonds. The molecular formula is C20H19ClN2OS. The van der Waals surface area contributed by atoms with Crippen molar-refractivity contribution in [1.29, 1.82) is 0 Å². The first-order valence-electron chi connectivity index (χ1n) is 8.03. The summed E-state index contributed by atoms with van der Waals surface area (Å²) in [4.78, 5) is 16.9. The van der Waals surface area contributed by atoms with Crippen LogP contribution in [0.1, 0.15) is 27.3 Å². The quantitative estimate of drug-likeness (QED) is 0.443. The van der Waals surface area contributed by atoms with Gasteiger partial charge in [0, 0.05) is 34.7 Å². The summed E-state index contributed by atoms with van der Waals surface area (Å²) in [7, 11) is 0. The summed E-state index contributed by atoms with van der Waals surface area (Å²) >= 11 is 7.74. The lowest BCUT2D eigenvalue weighted by Gasteiger charge is -2.11. The maximum absolute atomic E-state index is 12.6. The fourth-order valence-corrected chi connectivity index (χ4v) is 3.71. The third-order valence-corrected chi connectivity index (χ3v) is 5.46. The van der Waals surface area contributed by atoms with E-state index in [2.05, 4.69) is 9.55 Å². The highest BCUT2D eigenvalue weighted by Gasteiger charge is 2.16. The summed E-state index contributed by atoms with van der Waals surface area (Å²) in [6.07, 6.45) is 1.74. The number of Topliss-reactive ketones (excluding diaryl/α,β-unsaturated/α-hetero) is 1. The van der Waals surface area contributed by atoms with Gasteiger partial charge in [0.05, 0.1) is 10.8 Å². The van der Waals surface area contributed by atoms with E-state index >= 15 is 0 Å². The van der Waals surface area contributed by atoms with Gasteiger partial charge in [0.25, 0.3) is 0 Å². The molecule has 1 aromatic carbocycles. The molecule has 0 aliphatic rings. The van der Waals surface area contributed by atoms with Crippen LogP contribution in [0.15, 0.2) is 59.8 Å². The minimum atomic E-state index is 0.120. The second kappa shape index (κ2) is 7.89. The average molecular weight is 371 g/mol. The molecular weight excluding hydrogens is 352 g/mol. The third-order valence-electron chi connectivity index (χ3n) is 4.15. The zero-order valence-corrected chi connectivity index (χ0v) is 15.8. The number of pyridine rings is 1. The van der Waals surface area contributed by atoms with Crippen LogP contribution in [0.4, 0.5) is 0 Å². The first-order valence-corrected chi connectivity index (χ1v) is 9.40. The molecule has 2 heterocycles. The molecule has 0 saturated heterocycles. The van der Waals surface area contributed by atoms with Crippen molar-refractivity contribution in [2.24, 2.45) is 0 Å². The Kier molecular flexibility index (Phi) is 5.61. The van der Waals surface area contributed by atoms with Gasteiger partial charge in [0.1, 0.15) is 0 Å². The highest BCUT2D eigenvalue weighted by molar-refractivity contribution is 7.99. The van der Waals surface area contributed by atoms with E-state index in [1.165, 1.54) is 11.8 Å². The number of ketones is 1. The van der Waals surface area contributed by atoms with E-state index in [1.54, 1.807) is 6.20 Å². The monoisotopic (exact) mass is 370 g/mol. The van der Waals surface area contributed by atoms with Gasteiger partial charge in [-0.3, -0.25) is 4.79 Å². The number of carbonyl (C=O) groups excluding carboxylic acids is 1. The number of thioether (sulfide) groups is 1. The molecule has 5 heteroatoms. The van der Waals surface area contributed by atoms with E-state index in [9.17, 15) is 4.79 Å². The first-order chi connectivity index (χ1) is 12.1. The standard InChI is InChI=1S/C20H19ClN2OS/c1-14-11-17(19(24)13-25-20-9-5-6-10-22-20)15(2)23(14)12-16-7-3-4-8-18(16)21/h3-11H,12-13H2,1-2H3. The van der Waals surface area contributed by atoms with Crippen LogP contribution in [0, 0.1) is 13.8 Å². The summed E-state index contributed by atoms with van der Waals surface area (Å²) in [6, 6.07) is 15.5. The number of hydrogen-bond donors (Lipinski definition) is 0. The Morgan fingerprint density at radius 2 is 1.92 bits per heavy atom. The van der Waals surface area contributed by atoms with E-state index in [-0.39, 0.29) is 5.78 Å². The van der Waals surface area contributed by atoms with E-state index in [1.807, 2.05) is 62.4 Å². The summed E-state index contributed by atoms with van der Waals surface area (Å²) < 4.78 is 2.14. The van der Waals surface area contributed by atoms with Crippen LogP contribution in [0.2, 0.25) is 5.02 Å². The van der Waals surface area contributed by atoms with Crippen LogP contribution >= 0.6 is 23.4 Å². The third kappa shape index (κ3) is 4.14. The van der Waals surface area contributed by atoms with Gasteiger partial charge in [-0.1, -0.05) is 47.6 Å². The molecule has 0 bridgehead atoms. The average Bonchev–Trinajstić information content (AvgIpc) is 2.90. The van der Waals surface area contributed by atoms with E-state index < -0.39 is 0 Å². The number of carbonyl (C=O) groups is 1. The van der Waals surface area contributed by atoms with Gasteiger partial charge in [-0.25, -0.2) is 4.98 Å². The number of aryl methyl sites for hydroxylation is 1. The van der Waals surface area contributed by atoms with Gasteiger partial charge in [0.2, 0.25) is 0 Å². The lowest BCUT2D eigenvalue weighted by Crippen LogP contribution is -2.08. The molecule has 3 aromatic rings. The van der Waals surface area contributed by atoms with Crippen molar-refractivity contribution in [3.8, 4) is 0 Å². The predicted molar refractivity (Wildman–Crippen MR) is 104 cm³/mol. The molecule has 0 N–H and O–H groups in total. The predicted octanol–water partition coefficient (Wildman–Crippen LogP) is 5.18. The number of rotatable bonds is 6. The Morgan fingerprint density at radius 3 is 2.64 bits per heavy atom. The smallest absolute Gasteiger partial charge is 0.174 e. The van der Waals surface area contributed by atoms with Crippen LogP contribution < -0.4 is 0 Å². The Morgan fingerprint density at radius 1 is 1.16 bits per heavy atom. The molecule has 128 valence electrons. The highest BCUT2D eigenvalue weighted by Crippen LogP contribution is 2.23. The molecule has 0 aliphatic heterocycles. The molecule has 0 aliphatic carbocycles. The summed E-state index contributed by atoms with van der Waals surface area (Å²) in [5.41, 5.74) is 3.86. The van der Waals surface area contributed by atoms with Crippen LogP contribution in [-0.2, 0) is 6.54 Å². The maximum atomic E-state index is 12.6. The Bertz CT molecular complexity index is 890. The highest BCUT2D eigenvalue weighted by atomic mass is 35.5. The van der Waals surface area contributed by atoms with Gasteiger partial charge in [0.15, 0.2) is 5.78 Å². The number of aromatic nitrogens is 2. The van der Waals surface area contributed by atoms with Gasteiger partial charge in [-0.05, 0) is 43.7 Å². The fourth-order valence-electron chi connectivity index (χ4n) is 2.77. The van der Waals surface area contributed by atoms with Crippen LogP contribution in [-0.4, -0.2) is 21.1 Å². The van der Waals surface area contributed by atoms with Crippen molar-refractivity contribution < 1.29 is 4.79 Å². The SMILES string of the molecule is Cc1cc(C(=O)CSc2ccccn2)c(C)n1Cc1ccccc1Cl. The molecule has 0 unspecified atom stereocenters. The lowest BCUT2D eigenvalue weighted by atomic mass is 10.2.